The third-order valence-electron chi connectivity index (χ3n) is 6.46. The first-order valence-corrected chi connectivity index (χ1v) is 9.96. The van der Waals surface area contributed by atoms with Gasteiger partial charge in [-0.2, -0.15) is 0 Å². The van der Waals surface area contributed by atoms with Crippen LogP contribution >= 0.6 is 23.2 Å². The van der Waals surface area contributed by atoms with E-state index in [1.165, 1.54) is 33.4 Å². The SMILES string of the molecule is Cc1cc(C(C)(C)C(C)(C)c2ccc(CCl)cc2)c(C)c(C)c1CCl. The highest BCUT2D eigenvalue weighted by Crippen LogP contribution is 2.46. The third-order valence-corrected chi connectivity index (χ3v) is 7.03. The van der Waals surface area contributed by atoms with Gasteiger partial charge in [0.05, 0.1) is 0 Å². The highest BCUT2D eigenvalue weighted by atomic mass is 35.5. The van der Waals surface area contributed by atoms with E-state index in [0.717, 1.165) is 5.56 Å². The van der Waals surface area contributed by atoms with E-state index in [1.54, 1.807) is 0 Å². The number of hydrogen-bond acceptors (Lipinski definition) is 0. The standard InChI is InChI=1S/C23H30Cl2/c1-15-12-21(17(3)16(2)20(15)14-25)23(6,7)22(4,5)19-10-8-18(13-24)9-11-19/h8-12H,13-14H2,1-7H3. The van der Waals surface area contributed by atoms with Crippen LogP contribution in [-0.4, -0.2) is 0 Å². The van der Waals surface area contributed by atoms with Gasteiger partial charge in [-0.05, 0) is 70.5 Å². The molecule has 0 saturated heterocycles. The average molecular weight is 377 g/mol. The zero-order valence-corrected chi connectivity index (χ0v) is 18.1. The summed E-state index contributed by atoms with van der Waals surface area (Å²) in [5, 5.41) is 0. The molecule has 2 aromatic rings. The van der Waals surface area contributed by atoms with Crippen LogP contribution in [0.4, 0.5) is 0 Å². The first-order valence-electron chi connectivity index (χ1n) is 8.89. The van der Waals surface area contributed by atoms with Crippen molar-refractivity contribution in [2.24, 2.45) is 0 Å². The van der Waals surface area contributed by atoms with Crippen molar-refractivity contribution in [2.75, 3.05) is 0 Å². The summed E-state index contributed by atoms with van der Waals surface area (Å²) in [6.07, 6.45) is 0. The lowest BCUT2D eigenvalue weighted by Gasteiger charge is -2.44. The summed E-state index contributed by atoms with van der Waals surface area (Å²) in [6, 6.07) is 11.1. The Balaban J connectivity index is 2.59. The molecule has 0 unspecified atom stereocenters. The number of rotatable bonds is 5. The normalized spacial score (nSPS) is 12.5. The number of benzene rings is 2. The van der Waals surface area contributed by atoms with Gasteiger partial charge < -0.3 is 0 Å². The first kappa shape index (κ1) is 20.3. The maximum absolute atomic E-state index is 6.18. The van der Waals surface area contributed by atoms with Gasteiger partial charge in [0.25, 0.3) is 0 Å². The van der Waals surface area contributed by atoms with Gasteiger partial charge in [0.2, 0.25) is 0 Å². The predicted octanol–water partition coefficient (Wildman–Crippen LogP) is 7.34. The lowest BCUT2D eigenvalue weighted by Crippen LogP contribution is -2.41. The number of alkyl halides is 2. The molecule has 0 aliphatic heterocycles. The smallest absolute Gasteiger partial charge is 0.0479 e. The Hall–Kier alpha value is -0.980. The fourth-order valence-electron chi connectivity index (χ4n) is 3.70. The lowest BCUT2D eigenvalue weighted by atomic mass is 9.59. The molecule has 0 saturated carbocycles. The molecule has 0 N–H and O–H groups in total. The summed E-state index contributed by atoms with van der Waals surface area (Å²) in [5.41, 5.74) is 9.09. The molecular formula is C23H30Cl2. The van der Waals surface area contributed by atoms with E-state index in [1.807, 2.05) is 0 Å². The molecule has 2 aromatic carbocycles. The van der Waals surface area contributed by atoms with Crippen LogP contribution in [0, 0.1) is 20.8 Å². The maximum atomic E-state index is 6.18. The Labute approximate surface area is 163 Å². The van der Waals surface area contributed by atoms with E-state index in [0.29, 0.717) is 11.8 Å². The van der Waals surface area contributed by atoms with Crippen molar-refractivity contribution in [3.63, 3.8) is 0 Å². The largest absolute Gasteiger partial charge is 0.122 e. The minimum Gasteiger partial charge on any atom is -0.122 e. The second-order valence-electron chi connectivity index (χ2n) is 8.18. The van der Waals surface area contributed by atoms with E-state index in [-0.39, 0.29) is 10.8 Å². The number of hydrogen-bond donors (Lipinski definition) is 0. The van der Waals surface area contributed by atoms with Crippen LogP contribution in [0.25, 0.3) is 0 Å². The average Bonchev–Trinajstić information content (AvgIpc) is 2.58. The predicted molar refractivity (Wildman–Crippen MR) is 112 cm³/mol. The van der Waals surface area contributed by atoms with Crippen LogP contribution in [0.3, 0.4) is 0 Å². The van der Waals surface area contributed by atoms with Gasteiger partial charge in [-0.15, -0.1) is 23.2 Å². The number of halogens is 2. The molecule has 0 radical (unpaired) electrons. The molecule has 0 fully saturated rings. The van der Waals surface area contributed by atoms with Crippen LogP contribution in [0.1, 0.15) is 66.6 Å². The minimum absolute atomic E-state index is 0.0238. The van der Waals surface area contributed by atoms with Crippen LogP contribution in [0.5, 0.6) is 0 Å². The highest BCUT2D eigenvalue weighted by molar-refractivity contribution is 6.17. The molecule has 0 atom stereocenters. The van der Waals surface area contributed by atoms with E-state index < -0.39 is 0 Å². The van der Waals surface area contributed by atoms with Crippen molar-refractivity contribution < 1.29 is 0 Å². The Kier molecular flexibility index (Phi) is 5.96. The summed E-state index contributed by atoms with van der Waals surface area (Å²) in [7, 11) is 0. The van der Waals surface area contributed by atoms with E-state index in [2.05, 4.69) is 78.8 Å². The van der Waals surface area contributed by atoms with Crippen molar-refractivity contribution >= 4 is 23.2 Å². The molecule has 0 amide bonds. The van der Waals surface area contributed by atoms with Crippen LogP contribution in [0.15, 0.2) is 30.3 Å². The van der Waals surface area contributed by atoms with Crippen LogP contribution in [0.2, 0.25) is 0 Å². The van der Waals surface area contributed by atoms with E-state index in [4.69, 9.17) is 23.2 Å². The Morgan fingerprint density at radius 1 is 0.760 bits per heavy atom. The highest BCUT2D eigenvalue weighted by Gasteiger charge is 2.41. The second-order valence-corrected chi connectivity index (χ2v) is 8.72. The van der Waals surface area contributed by atoms with E-state index >= 15 is 0 Å². The molecule has 136 valence electrons. The Morgan fingerprint density at radius 3 is 1.80 bits per heavy atom. The summed E-state index contributed by atoms with van der Waals surface area (Å²) in [5.74, 6) is 1.13. The quantitative estimate of drug-likeness (QED) is 0.478. The molecule has 2 rings (SSSR count). The summed E-state index contributed by atoms with van der Waals surface area (Å²) >= 11 is 12.1. The molecule has 0 heterocycles. The van der Waals surface area contributed by atoms with Crippen molar-refractivity contribution in [2.45, 2.75) is 71.1 Å². The Bertz CT molecular complexity index is 753. The van der Waals surface area contributed by atoms with Crippen molar-refractivity contribution in [1.82, 2.24) is 0 Å². The van der Waals surface area contributed by atoms with Gasteiger partial charge >= 0.3 is 0 Å². The van der Waals surface area contributed by atoms with Crippen LogP contribution < -0.4 is 0 Å². The van der Waals surface area contributed by atoms with Crippen molar-refractivity contribution in [1.29, 1.82) is 0 Å². The molecular weight excluding hydrogens is 347 g/mol. The topological polar surface area (TPSA) is 0 Å². The summed E-state index contributed by atoms with van der Waals surface area (Å²) in [4.78, 5) is 0. The Morgan fingerprint density at radius 2 is 1.32 bits per heavy atom. The molecule has 0 spiro atoms. The zero-order chi connectivity index (χ0) is 19.0. The fourth-order valence-corrected chi connectivity index (χ4v) is 4.29. The summed E-state index contributed by atoms with van der Waals surface area (Å²) in [6.45, 7) is 16.0. The van der Waals surface area contributed by atoms with Crippen molar-refractivity contribution in [3.05, 3.63) is 69.3 Å². The van der Waals surface area contributed by atoms with Gasteiger partial charge in [-0.25, -0.2) is 0 Å². The monoisotopic (exact) mass is 376 g/mol. The molecule has 0 aromatic heterocycles. The fraction of sp³-hybridized carbons (Fsp3) is 0.478. The zero-order valence-electron chi connectivity index (χ0n) is 16.6. The van der Waals surface area contributed by atoms with Gasteiger partial charge in [-0.3, -0.25) is 0 Å². The second kappa shape index (κ2) is 7.33. The van der Waals surface area contributed by atoms with Gasteiger partial charge in [0.15, 0.2) is 0 Å². The maximum Gasteiger partial charge on any atom is 0.0479 e. The molecule has 2 heteroatoms. The molecule has 0 bridgehead atoms. The molecule has 0 nitrogen and oxygen atoms in total. The van der Waals surface area contributed by atoms with Crippen LogP contribution in [-0.2, 0) is 22.6 Å². The first-order chi connectivity index (χ1) is 11.6. The minimum atomic E-state index is -0.0278. The third kappa shape index (κ3) is 3.49. The van der Waals surface area contributed by atoms with Gasteiger partial charge in [-0.1, -0.05) is 58.0 Å². The van der Waals surface area contributed by atoms with Gasteiger partial charge in [0.1, 0.15) is 0 Å². The molecule has 0 aliphatic rings. The van der Waals surface area contributed by atoms with E-state index in [9.17, 15) is 0 Å². The lowest BCUT2D eigenvalue weighted by molar-refractivity contribution is 0.301. The summed E-state index contributed by atoms with van der Waals surface area (Å²) < 4.78 is 0. The molecule has 25 heavy (non-hydrogen) atoms. The molecule has 0 aliphatic carbocycles. The van der Waals surface area contributed by atoms with Gasteiger partial charge in [0, 0.05) is 11.8 Å². The van der Waals surface area contributed by atoms with Crippen molar-refractivity contribution in [3.8, 4) is 0 Å². The number of aryl methyl sites for hydroxylation is 1.